The number of aliphatic hydroxyl groups is 1. The van der Waals surface area contributed by atoms with Crippen LogP contribution in [0.5, 0.6) is 0 Å². The summed E-state index contributed by atoms with van der Waals surface area (Å²) in [5, 5.41) is 11.3. The van der Waals surface area contributed by atoms with Crippen LogP contribution in [0.25, 0.3) is 10.9 Å². The number of anilines is 1. The van der Waals surface area contributed by atoms with Crippen LogP contribution < -0.4 is 10.6 Å². The van der Waals surface area contributed by atoms with Crippen LogP contribution in [0.15, 0.2) is 30.3 Å². The summed E-state index contributed by atoms with van der Waals surface area (Å²) in [5.41, 5.74) is 6.88. The lowest BCUT2D eigenvalue weighted by molar-refractivity contribution is 0.0447. The molecule has 5 heteroatoms. The number of fused-ring (bicyclic) bond motifs is 1. The second-order valence-corrected chi connectivity index (χ2v) is 6.38. The minimum absolute atomic E-state index is 0.341. The quantitative estimate of drug-likeness (QED) is 0.833. The van der Waals surface area contributed by atoms with Gasteiger partial charge in [-0.05, 0) is 31.9 Å². The Bertz CT molecular complexity index is 699. The van der Waals surface area contributed by atoms with E-state index in [1.54, 1.807) is 0 Å². The van der Waals surface area contributed by atoms with Gasteiger partial charge in [0, 0.05) is 18.5 Å². The molecule has 4 nitrogen and oxygen atoms in total. The van der Waals surface area contributed by atoms with Gasteiger partial charge in [0.25, 0.3) is 0 Å². The predicted molar refractivity (Wildman–Crippen MR) is 89.7 cm³/mol. The highest BCUT2D eigenvalue weighted by Gasteiger charge is 2.30. The number of hydrogen-bond acceptors (Lipinski definition) is 4. The molecule has 0 bridgehead atoms. The molecule has 3 N–H and O–H groups in total. The molecular formula is C16H19N3OS. The van der Waals surface area contributed by atoms with Crippen LogP contribution in [-0.4, -0.2) is 33.8 Å². The summed E-state index contributed by atoms with van der Waals surface area (Å²) in [5.74, 6) is 0.779. The molecule has 1 unspecified atom stereocenters. The Morgan fingerprint density at radius 3 is 2.90 bits per heavy atom. The molecule has 0 aliphatic carbocycles. The van der Waals surface area contributed by atoms with Crippen LogP contribution in [0.4, 0.5) is 5.82 Å². The van der Waals surface area contributed by atoms with Gasteiger partial charge in [-0.1, -0.05) is 30.4 Å². The number of para-hydroxylation sites is 1. The van der Waals surface area contributed by atoms with Gasteiger partial charge in [-0.15, -0.1) is 0 Å². The summed E-state index contributed by atoms with van der Waals surface area (Å²) in [4.78, 5) is 7.16. The molecule has 1 atom stereocenters. The van der Waals surface area contributed by atoms with Crippen LogP contribution >= 0.6 is 12.2 Å². The van der Waals surface area contributed by atoms with E-state index in [0.29, 0.717) is 11.5 Å². The van der Waals surface area contributed by atoms with Gasteiger partial charge in [0.1, 0.15) is 10.8 Å². The average molecular weight is 301 g/mol. The van der Waals surface area contributed by atoms with Crippen molar-refractivity contribution in [1.29, 1.82) is 0 Å². The minimum atomic E-state index is -0.695. The third-order valence-corrected chi connectivity index (χ3v) is 4.16. The Hall–Kier alpha value is -1.72. The first-order chi connectivity index (χ1) is 9.96. The topological polar surface area (TPSA) is 62.4 Å². The fourth-order valence-corrected chi connectivity index (χ4v) is 3.08. The highest BCUT2D eigenvalue weighted by molar-refractivity contribution is 7.80. The monoisotopic (exact) mass is 301 g/mol. The number of benzene rings is 1. The predicted octanol–water partition coefficient (Wildman–Crippen LogP) is 2.22. The fraction of sp³-hybridized carbons (Fsp3) is 0.375. The second kappa shape index (κ2) is 5.24. The maximum atomic E-state index is 10.3. The first-order valence-corrected chi connectivity index (χ1v) is 7.54. The number of hydrogen-bond donors (Lipinski definition) is 2. The summed E-state index contributed by atoms with van der Waals surface area (Å²) in [6.45, 7) is 3.27. The third-order valence-electron chi connectivity index (χ3n) is 3.94. The first kappa shape index (κ1) is 14.2. The molecule has 110 valence electrons. The SMILES string of the molecule is CC1(O)CCCN(c2nc3ccccc3cc2C(N)=S)C1. The second-order valence-electron chi connectivity index (χ2n) is 5.94. The molecule has 1 saturated heterocycles. The van der Waals surface area contributed by atoms with Crippen LogP contribution in [0.3, 0.4) is 0 Å². The summed E-state index contributed by atoms with van der Waals surface area (Å²) in [6.07, 6.45) is 1.73. The van der Waals surface area contributed by atoms with E-state index in [-0.39, 0.29) is 0 Å². The Morgan fingerprint density at radius 1 is 1.43 bits per heavy atom. The maximum absolute atomic E-state index is 10.3. The van der Waals surface area contributed by atoms with Crippen molar-refractivity contribution in [1.82, 2.24) is 4.98 Å². The van der Waals surface area contributed by atoms with Gasteiger partial charge in [0.15, 0.2) is 0 Å². The van der Waals surface area contributed by atoms with Crippen molar-refractivity contribution in [3.05, 3.63) is 35.9 Å². The number of pyridine rings is 1. The third kappa shape index (κ3) is 2.84. The van der Waals surface area contributed by atoms with Gasteiger partial charge in [-0.3, -0.25) is 0 Å². The largest absolute Gasteiger partial charge is 0.389 e. The molecule has 0 radical (unpaired) electrons. The van der Waals surface area contributed by atoms with Crippen molar-refractivity contribution in [2.75, 3.05) is 18.0 Å². The Kier molecular flexibility index (Phi) is 3.55. The van der Waals surface area contributed by atoms with E-state index in [4.69, 9.17) is 22.9 Å². The molecule has 1 fully saturated rings. The highest BCUT2D eigenvalue weighted by atomic mass is 32.1. The number of nitrogens with two attached hydrogens (primary N) is 1. The lowest BCUT2D eigenvalue weighted by Crippen LogP contribution is -2.47. The molecule has 1 aliphatic heterocycles. The molecule has 1 aromatic heterocycles. The van der Waals surface area contributed by atoms with Gasteiger partial charge >= 0.3 is 0 Å². The zero-order valence-electron chi connectivity index (χ0n) is 12.0. The molecule has 3 rings (SSSR count). The van der Waals surface area contributed by atoms with Crippen LogP contribution in [0, 0.1) is 0 Å². The lowest BCUT2D eigenvalue weighted by Gasteiger charge is -2.38. The smallest absolute Gasteiger partial charge is 0.139 e. The van der Waals surface area contributed by atoms with Crippen LogP contribution in [-0.2, 0) is 0 Å². The van der Waals surface area contributed by atoms with Gasteiger partial charge in [-0.25, -0.2) is 4.98 Å². The van der Waals surface area contributed by atoms with Crippen molar-refractivity contribution < 1.29 is 5.11 Å². The van der Waals surface area contributed by atoms with Crippen molar-refractivity contribution in [3.8, 4) is 0 Å². The number of aromatic nitrogens is 1. The van der Waals surface area contributed by atoms with Crippen molar-refractivity contribution in [2.45, 2.75) is 25.4 Å². The van der Waals surface area contributed by atoms with Crippen LogP contribution in [0.2, 0.25) is 0 Å². The van der Waals surface area contributed by atoms with Crippen molar-refractivity contribution in [3.63, 3.8) is 0 Å². The normalized spacial score (nSPS) is 22.5. The number of nitrogens with zero attached hydrogens (tertiary/aromatic N) is 2. The summed E-state index contributed by atoms with van der Waals surface area (Å²) in [7, 11) is 0. The van der Waals surface area contributed by atoms with Crippen LogP contribution in [0.1, 0.15) is 25.3 Å². The summed E-state index contributed by atoms with van der Waals surface area (Å²) >= 11 is 5.19. The van der Waals surface area contributed by atoms with Gasteiger partial charge < -0.3 is 15.7 Å². The molecule has 0 spiro atoms. The van der Waals surface area contributed by atoms with E-state index in [1.165, 1.54) is 0 Å². The molecule has 21 heavy (non-hydrogen) atoms. The number of β-amino-alcohol motifs (C(OH)–C–C–N with tert-alkyl or cyclic N) is 1. The molecule has 2 aromatic rings. The van der Waals surface area contributed by atoms with Gasteiger partial charge in [0.2, 0.25) is 0 Å². The Morgan fingerprint density at radius 2 is 2.19 bits per heavy atom. The van der Waals surface area contributed by atoms with E-state index in [1.807, 2.05) is 37.3 Å². The van der Waals surface area contributed by atoms with E-state index in [2.05, 4.69) is 4.90 Å². The minimum Gasteiger partial charge on any atom is -0.389 e. The molecule has 2 heterocycles. The van der Waals surface area contributed by atoms with Crippen molar-refractivity contribution in [2.24, 2.45) is 5.73 Å². The Balaban J connectivity index is 2.11. The van der Waals surface area contributed by atoms with Gasteiger partial charge in [0.05, 0.1) is 16.7 Å². The van der Waals surface area contributed by atoms with Crippen molar-refractivity contribution >= 4 is 33.9 Å². The zero-order chi connectivity index (χ0) is 15.0. The van der Waals surface area contributed by atoms with E-state index >= 15 is 0 Å². The number of piperidine rings is 1. The first-order valence-electron chi connectivity index (χ1n) is 7.13. The number of rotatable bonds is 2. The van der Waals surface area contributed by atoms with Gasteiger partial charge in [-0.2, -0.15) is 0 Å². The zero-order valence-corrected chi connectivity index (χ0v) is 12.9. The standard InChI is InChI=1S/C16H19N3OS/c1-16(20)7-4-8-19(10-16)15-12(14(17)21)9-11-5-2-3-6-13(11)18-15/h2-3,5-6,9,20H,4,7-8,10H2,1H3,(H2,17,21). The van der Waals surface area contributed by atoms with E-state index in [0.717, 1.165) is 41.7 Å². The number of thiocarbonyl (C=S) groups is 1. The Labute approximate surface area is 129 Å². The molecule has 1 aliphatic rings. The molecule has 0 amide bonds. The summed E-state index contributed by atoms with van der Waals surface area (Å²) in [6, 6.07) is 9.90. The average Bonchev–Trinajstić information content (AvgIpc) is 2.44. The highest BCUT2D eigenvalue weighted by Crippen LogP contribution is 2.29. The van der Waals surface area contributed by atoms with E-state index in [9.17, 15) is 5.11 Å². The van der Waals surface area contributed by atoms with E-state index < -0.39 is 5.60 Å². The lowest BCUT2D eigenvalue weighted by atomic mass is 9.95. The summed E-state index contributed by atoms with van der Waals surface area (Å²) < 4.78 is 0. The molecular weight excluding hydrogens is 282 g/mol. The maximum Gasteiger partial charge on any atom is 0.139 e. The molecule has 0 saturated carbocycles. The fourth-order valence-electron chi connectivity index (χ4n) is 2.93. The molecule has 1 aromatic carbocycles.